The van der Waals surface area contributed by atoms with Crippen molar-refractivity contribution in [3.63, 3.8) is 0 Å². The standard InChI is InChI=1S/C5H5Br2N3O/c1-3(11)2-10-5(7)8-4(6)9-10/h2H2,1H3. The van der Waals surface area contributed by atoms with Gasteiger partial charge in [0.15, 0.2) is 10.5 Å². The van der Waals surface area contributed by atoms with Gasteiger partial charge in [0.2, 0.25) is 4.73 Å². The first-order valence-electron chi connectivity index (χ1n) is 2.85. The van der Waals surface area contributed by atoms with E-state index < -0.39 is 0 Å². The number of aromatic nitrogens is 3. The van der Waals surface area contributed by atoms with Gasteiger partial charge in [-0.15, -0.1) is 5.10 Å². The summed E-state index contributed by atoms with van der Waals surface area (Å²) in [5.41, 5.74) is 0. The molecule has 0 N–H and O–H groups in total. The molecule has 0 aliphatic heterocycles. The van der Waals surface area contributed by atoms with Crippen LogP contribution in [0.4, 0.5) is 0 Å². The van der Waals surface area contributed by atoms with E-state index in [4.69, 9.17) is 0 Å². The van der Waals surface area contributed by atoms with Crippen LogP contribution in [0.1, 0.15) is 6.92 Å². The largest absolute Gasteiger partial charge is 0.298 e. The Balaban J connectivity index is 2.85. The molecule has 4 nitrogen and oxygen atoms in total. The summed E-state index contributed by atoms with van der Waals surface area (Å²) in [6.45, 7) is 1.75. The van der Waals surface area contributed by atoms with Crippen LogP contribution in [-0.2, 0) is 11.3 Å². The van der Waals surface area contributed by atoms with Crippen molar-refractivity contribution >= 4 is 37.6 Å². The van der Waals surface area contributed by atoms with E-state index >= 15 is 0 Å². The van der Waals surface area contributed by atoms with Crippen LogP contribution >= 0.6 is 31.9 Å². The second-order valence-electron chi connectivity index (χ2n) is 2.01. The van der Waals surface area contributed by atoms with Crippen LogP contribution in [0.5, 0.6) is 0 Å². The molecule has 0 aromatic carbocycles. The molecule has 1 heterocycles. The van der Waals surface area contributed by atoms with E-state index in [0.717, 1.165) is 0 Å². The van der Waals surface area contributed by atoms with Gasteiger partial charge in [-0.3, -0.25) is 4.79 Å². The normalized spacial score (nSPS) is 10.1. The zero-order chi connectivity index (χ0) is 8.43. The molecular weight excluding hydrogens is 278 g/mol. The van der Waals surface area contributed by atoms with Gasteiger partial charge in [-0.1, -0.05) is 0 Å². The van der Waals surface area contributed by atoms with Crippen LogP contribution in [-0.4, -0.2) is 20.5 Å². The highest BCUT2D eigenvalue weighted by Gasteiger charge is 2.05. The monoisotopic (exact) mass is 281 g/mol. The Hall–Kier alpha value is -0.230. The molecular formula is C5H5Br2N3O. The number of carbonyl (C=O) groups is 1. The molecule has 0 fully saturated rings. The van der Waals surface area contributed by atoms with Gasteiger partial charge in [-0.05, 0) is 38.8 Å². The van der Waals surface area contributed by atoms with Crippen LogP contribution in [0, 0.1) is 0 Å². The topological polar surface area (TPSA) is 47.8 Å². The minimum Gasteiger partial charge on any atom is -0.298 e. The second kappa shape index (κ2) is 3.44. The number of ketones is 1. The van der Waals surface area contributed by atoms with E-state index in [0.29, 0.717) is 9.47 Å². The molecule has 1 aromatic rings. The first-order valence-corrected chi connectivity index (χ1v) is 4.43. The number of nitrogens with zero attached hydrogens (tertiary/aromatic N) is 3. The Morgan fingerprint density at radius 3 is 2.64 bits per heavy atom. The zero-order valence-electron chi connectivity index (χ0n) is 5.71. The maximum Gasteiger partial charge on any atom is 0.218 e. The summed E-state index contributed by atoms with van der Waals surface area (Å²) in [5.74, 6) is 0.0445. The van der Waals surface area contributed by atoms with Crippen LogP contribution in [0.15, 0.2) is 9.47 Å². The fraction of sp³-hybridized carbons (Fsp3) is 0.400. The van der Waals surface area contributed by atoms with Gasteiger partial charge in [-0.2, -0.15) is 4.98 Å². The van der Waals surface area contributed by atoms with Gasteiger partial charge < -0.3 is 0 Å². The molecule has 0 bridgehead atoms. The van der Waals surface area contributed by atoms with Gasteiger partial charge in [0.1, 0.15) is 6.54 Å². The number of hydrogen-bond acceptors (Lipinski definition) is 3. The first-order chi connectivity index (χ1) is 5.09. The molecule has 0 spiro atoms. The van der Waals surface area contributed by atoms with E-state index in [1.807, 2.05) is 0 Å². The molecule has 0 saturated heterocycles. The van der Waals surface area contributed by atoms with Crippen molar-refractivity contribution in [2.24, 2.45) is 0 Å². The highest BCUT2D eigenvalue weighted by molar-refractivity contribution is 9.11. The maximum atomic E-state index is 10.6. The van der Waals surface area contributed by atoms with Gasteiger partial charge >= 0.3 is 0 Å². The number of Topliss-reactive ketones (excluding diaryl/α,β-unsaturated/α-hetero) is 1. The molecule has 1 rings (SSSR count). The summed E-state index contributed by atoms with van der Waals surface area (Å²) in [6.07, 6.45) is 0. The third-order valence-corrected chi connectivity index (χ3v) is 1.90. The molecule has 0 amide bonds. The van der Waals surface area contributed by atoms with E-state index in [1.165, 1.54) is 11.6 Å². The lowest BCUT2D eigenvalue weighted by Gasteiger charge is -1.94. The fourth-order valence-corrected chi connectivity index (χ4v) is 1.58. The smallest absolute Gasteiger partial charge is 0.218 e. The Labute approximate surface area is 80.2 Å². The van der Waals surface area contributed by atoms with E-state index in [2.05, 4.69) is 41.9 Å². The Kier molecular flexibility index (Phi) is 2.78. The molecule has 0 saturated carbocycles. The van der Waals surface area contributed by atoms with Crippen LogP contribution in [0.3, 0.4) is 0 Å². The lowest BCUT2D eigenvalue weighted by Crippen LogP contribution is -2.07. The Morgan fingerprint density at radius 2 is 2.27 bits per heavy atom. The number of halogens is 2. The average molecular weight is 283 g/mol. The summed E-state index contributed by atoms with van der Waals surface area (Å²) in [7, 11) is 0. The van der Waals surface area contributed by atoms with Gasteiger partial charge in [0.05, 0.1) is 0 Å². The molecule has 11 heavy (non-hydrogen) atoms. The summed E-state index contributed by atoms with van der Waals surface area (Å²) < 4.78 is 2.51. The quantitative estimate of drug-likeness (QED) is 0.824. The molecule has 60 valence electrons. The van der Waals surface area contributed by atoms with Crippen LogP contribution in [0.2, 0.25) is 0 Å². The van der Waals surface area contributed by atoms with Crippen LogP contribution < -0.4 is 0 Å². The van der Waals surface area contributed by atoms with Gasteiger partial charge in [-0.25, -0.2) is 4.68 Å². The van der Waals surface area contributed by atoms with Crippen LogP contribution in [0.25, 0.3) is 0 Å². The van der Waals surface area contributed by atoms with Gasteiger partial charge in [0.25, 0.3) is 0 Å². The minimum atomic E-state index is 0.0445. The molecule has 0 aliphatic rings. The minimum absolute atomic E-state index is 0.0445. The summed E-state index contributed by atoms with van der Waals surface area (Å²) in [5, 5.41) is 3.90. The van der Waals surface area contributed by atoms with E-state index in [1.54, 1.807) is 0 Å². The van der Waals surface area contributed by atoms with Crippen molar-refractivity contribution in [2.75, 3.05) is 0 Å². The molecule has 0 aliphatic carbocycles. The molecule has 1 aromatic heterocycles. The molecule has 0 unspecified atom stereocenters. The molecule has 6 heteroatoms. The van der Waals surface area contributed by atoms with Crippen molar-refractivity contribution in [2.45, 2.75) is 13.5 Å². The summed E-state index contributed by atoms with van der Waals surface area (Å²) in [6, 6.07) is 0. The zero-order valence-corrected chi connectivity index (χ0v) is 8.88. The summed E-state index contributed by atoms with van der Waals surface area (Å²) in [4.78, 5) is 14.5. The van der Waals surface area contributed by atoms with Crippen molar-refractivity contribution in [3.05, 3.63) is 9.47 Å². The lowest BCUT2D eigenvalue weighted by molar-refractivity contribution is -0.117. The predicted molar refractivity (Wildman–Crippen MR) is 46.1 cm³/mol. The third kappa shape index (κ3) is 2.37. The molecule has 0 radical (unpaired) electrons. The number of hydrogen-bond donors (Lipinski definition) is 0. The third-order valence-electron chi connectivity index (χ3n) is 0.973. The number of rotatable bonds is 2. The molecule has 0 atom stereocenters. The fourth-order valence-electron chi connectivity index (χ4n) is 0.609. The van der Waals surface area contributed by atoms with E-state index in [-0.39, 0.29) is 12.3 Å². The van der Waals surface area contributed by atoms with Crippen molar-refractivity contribution < 1.29 is 4.79 Å². The first kappa shape index (κ1) is 8.86. The average Bonchev–Trinajstić information content (AvgIpc) is 2.09. The highest BCUT2D eigenvalue weighted by Crippen LogP contribution is 2.10. The van der Waals surface area contributed by atoms with E-state index in [9.17, 15) is 4.79 Å². The van der Waals surface area contributed by atoms with Crippen molar-refractivity contribution in [1.82, 2.24) is 14.8 Å². The second-order valence-corrected chi connectivity index (χ2v) is 3.43. The highest BCUT2D eigenvalue weighted by atomic mass is 79.9. The SMILES string of the molecule is CC(=O)Cn1nc(Br)nc1Br. The van der Waals surface area contributed by atoms with Crippen molar-refractivity contribution in [3.8, 4) is 0 Å². The van der Waals surface area contributed by atoms with Crippen molar-refractivity contribution in [1.29, 1.82) is 0 Å². The van der Waals surface area contributed by atoms with Gasteiger partial charge in [0, 0.05) is 0 Å². The lowest BCUT2D eigenvalue weighted by atomic mass is 10.5. The Bertz CT molecular complexity index is 283. The Morgan fingerprint density at radius 1 is 1.64 bits per heavy atom. The number of carbonyl (C=O) groups excluding carboxylic acids is 1. The summed E-state index contributed by atoms with van der Waals surface area (Å²) >= 11 is 6.24. The predicted octanol–water partition coefficient (Wildman–Crippen LogP) is 1.39. The maximum absolute atomic E-state index is 10.6.